The lowest BCUT2D eigenvalue weighted by atomic mass is 9.87. The second kappa shape index (κ2) is 7.78. The lowest BCUT2D eigenvalue weighted by molar-refractivity contribution is 0.0435. The zero-order chi connectivity index (χ0) is 21.3. The van der Waals surface area contributed by atoms with Crippen molar-refractivity contribution in [3.05, 3.63) is 53.1 Å². The van der Waals surface area contributed by atoms with E-state index in [0.717, 1.165) is 11.3 Å². The molecular formula is C23H28N2O4. The molecule has 0 fully saturated rings. The van der Waals surface area contributed by atoms with Crippen LogP contribution in [0.3, 0.4) is 0 Å². The van der Waals surface area contributed by atoms with Crippen molar-refractivity contribution < 1.29 is 19.1 Å². The first-order valence-electron chi connectivity index (χ1n) is 9.80. The normalized spacial score (nSPS) is 15.2. The van der Waals surface area contributed by atoms with Crippen LogP contribution in [0.2, 0.25) is 0 Å². The van der Waals surface area contributed by atoms with Crippen molar-refractivity contribution in [1.82, 2.24) is 4.90 Å². The molecular weight excluding hydrogens is 368 g/mol. The molecule has 0 spiro atoms. The number of ether oxygens (including phenoxy) is 2. The van der Waals surface area contributed by atoms with E-state index in [-0.39, 0.29) is 11.8 Å². The monoisotopic (exact) mass is 396 g/mol. The van der Waals surface area contributed by atoms with E-state index in [4.69, 9.17) is 9.47 Å². The van der Waals surface area contributed by atoms with Gasteiger partial charge in [0, 0.05) is 19.8 Å². The Balaban J connectivity index is 2.13. The Bertz CT molecular complexity index is 954. The largest absolute Gasteiger partial charge is 0.493 e. The molecule has 0 aliphatic carbocycles. The van der Waals surface area contributed by atoms with Gasteiger partial charge in [-0.05, 0) is 50.1 Å². The van der Waals surface area contributed by atoms with Crippen molar-refractivity contribution >= 4 is 17.5 Å². The van der Waals surface area contributed by atoms with E-state index in [2.05, 4.69) is 0 Å². The number of anilines is 1. The lowest BCUT2D eigenvalue weighted by Gasteiger charge is -2.37. The number of fused-ring (bicyclic) bond motifs is 1. The summed E-state index contributed by atoms with van der Waals surface area (Å²) in [6.45, 7) is 6.28. The number of hydrogen-bond acceptors (Lipinski definition) is 5. The smallest absolute Gasteiger partial charge is 0.264 e. The van der Waals surface area contributed by atoms with E-state index in [0.29, 0.717) is 35.7 Å². The van der Waals surface area contributed by atoms with Crippen LogP contribution in [0, 0.1) is 0 Å². The summed E-state index contributed by atoms with van der Waals surface area (Å²) in [5.41, 5.74) is 1.64. The predicted molar refractivity (Wildman–Crippen MR) is 113 cm³/mol. The molecule has 0 saturated carbocycles. The molecule has 1 aliphatic rings. The molecule has 1 unspecified atom stereocenters. The first kappa shape index (κ1) is 20.7. The molecule has 2 aromatic carbocycles. The highest BCUT2D eigenvalue weighted by atomic mass is 16.5. The first-order chi connectivity index (χ1) is 13.8. The summed E-state index contributed by atoms with van der Waals surface area (Å²) >= 11 is 0. The molecule has 1 aliphatic heterocycles. The minimum absolute atomic E-state index is 0.271. The van der Waals surface area contributed by atoms with Gasteiger partial charge in [-0.25, -0.2) is 0 Å². The van der Waals surface area contributed by atoms with Crippen LogP contribution in [-0.4, -0.2) is 44.5 Å². The van der Waals surface area contributed by atoms with Crippen molar-refractivity contribution in [3.63, 3.8) is 0 Å². The highest BCUT2D eigenvalue weighted by molar-refractivity contribution is 6.24. The van der Waals surface area contributed by atoms with Gasteiger partial charge < -0.3 is 14.4 Å². The van der Waals surface area contributed by atoms with E-state index in [1.54, 1.807) is 13.2 Å². The number of nitrogens with zero attached hydrogens (tertiary/aromatic N) is 2. The average molecular weight is 396 g/mol. The summed E-state index contributed by atoms with van der Waals surface area (Å²) in [5.74, 6) is 0.670. The summed E-state index contributed by atoms with van der Waals surface area (Å²) in [6.07, 6.45) is 0.563. The maximum atomic E-state index is 13.5. The standard InChI is InChI=1S/C23H28N2O4/c1-7-23(3,15-12-13-18(28-6)19(14-15)29-8-2)25-21(26)16-10-9-11-17(24(4)5)20(16)22(25)27/h9-14H,7-8H2,1-6H3. The second-order valence-electron chi connectivity index (χ2n) is 7.47. The van der Waals surface area contributed by atoms with Gasteiger partial charge in [0.15, 0.2) is 11.5 Å². The van der Waals surface area contributed by atoms with Gasteiger partial charge in [-0.3, -0.25) is 14.5 Å². The third-order valence-corrected chi connectivity index (χ3v) is 5.64. The molecule has 2 amide bonds. The van der Waals surface area contributed by atoms with E-state index in [1.165, 1.54) is 4.90 Å². The summed E-state index contributed by atoms with van der Waals surface area (Å²) < 4.78 is 11.1. The number of methoxy groups -OCH3 is 1. The quantitative estimate of drug-likeness (QED) is 0.660. The lowest BCUT2D eigenvalue weighted by Crippen LogP contribution is -2.47. The molecule has 3 rings (SSSR count). The summed E-state index contributed by atoms with van der Waals surface area (Å²) in [6, 6.07) is 11.0. The van der Waals surface area contributed by atoms with Crippen LogP contribution in [0.4, 0.5) is 5.69 Å². The Hall–Kier alpha value is -3.02. The molecule has 0 aromatic heterocycles. The number of benzene rings is 2. The van der Waals surface area contributed by atoms with Gasteiger partial charge in [-0.1, -0.05) is 19.1 Å². The molecule has 29 heavy (non-hydrogen) atoms. The summed E-state index contributed by atoms with van der Waals surface area (Å²) in [7, 11) is 5.32. The number of amides is 2. The van der Waals surface area contributed by atoms with E-state index in [9.17, 15) is 9.59 Å². The molecule has 1 atom stereocenters. The number of hydrogen-bond donors (Lipinski definition) is 0. The van der Waals surface area contributed by atoms with Crippen molar-refractivity contribution in [2.45, 2.75) is 32.7 Å². The van der Waals surface area contributed by atoms with Gasteiger partial charge in [-0.15, -0.1) is 0 Å². The van der Waals surface area contributed by atoms with Gasteiger partial charge in [-0.2, -0.15) is 0 Å². The third-order valence-electron chi connectivity index (χ3n) is 5.64. The third kappa shape index (κ3) is 3.22. The fraction of sp³-hybridized carbons (Fsp3) is 0.391. The van der Waals surface area contributed by atoms with Crippen LogP contribution >= 0.6 is 0 Å². The van der Waals surface area contributed by atoms with E-state index < -0.39 is 5.54 Å². The molecule has 0 N–H and O–H groups in total. The van der Waals surface area contributed by atoms with Gasteiger partial charge in [0.25, 0.3) is 11.8 Å². The van der Waals surface area contributed by atoms with Crippen LogP contribution in [0.5, 0.6) is 11.5 Å². The summed E-state index contributed by atoms with van der Waals surface area (Å²) in [4.78, 5) is 30.0. The molecule has 1 heterocycles. The number of carbonyl (C=O) groups is 2. The first-order valence-corrected chi connectivity index (χ1v) is 9.80. The van der Waals surface area contributed by atoms with Crippen molar-refractivity contribution in [2.24, 2.45) is 0 Å². The number of rotatable bonds is 7. The topological polar surface area (TPSA) is 59.1 Å². The highest BCUT2D eigenvalue weighted by Crippen LogP contribution is 2.43. The number of imide groups is 1. The predicted octanol–water partition coefficient (Wildman–Crippen LogP) is 4.08. The molecule has 0 saturated heterocycles. The fourth-order valence-corrected chi connectivity index (χ4v) is 3.86. The molecule has 6 heteroatoms. The zero-order valence-corrected chi connectivity index (χ0v) is 17.9. The molecule has 6 nitrogen and oxygen atoms in total. The van der Waals surface area contributed by atoms with Crippen LogP contribution in [0.1, 0.15) is 53.5 Å². The molecule has 0 bridgehead atoms. The molecule has 154 valence electrons. The maximum Gasteiger partial charge on any atom is 0.264 e. The van der Waals surface area contributed by atoms with Crippen molar-refractivity contribution in [3.8, 4) is 11.5 Å². The van der Waals surface area contributed by atoms with Gasteiger partial charge >= 0.3 is 0 Å². The Morgan fingerprint density at radius 3 is 2.34 bits per heavy atom. The van der Waals surface area contributed by atoms with Crippen molar-refractivity contribution in [2.75, 3.05) is 32.7 Å². The number of carbonyl (C=O) groups excluding carboxylic acids is 2. The zero-order valence-electron chi connectivity index (χ0n) is 17.9. The van der Waals surface area contributed by atoms with Gasteiger partial charge in [0.1, 0.15) is 0 Å². The van der Waals surface area contributed by atoms with E-state index in [1.807, 2.05) is 70.1 Å². The van der Waals surface area contributed by atoms with Crippen LogP contribution < -0.4 is 14.4 Å². The minimum atomic E-state index is -0.825. The Kier molecular flexibility index (Phi) is 5.55. The Morgan fingerprint density at radius 1 is 1.03 bits per heavy atom. The summed E-state index contributed by atoms with van der Waals surface area (Å²) in [5, 5.41) is 0. The second-order valence-corrected chi connectivity index (χ2v) is 7.47. The van der Waals surface area contributed by atoms with Gasteiger partial charge in [0.05, 0.1) is 30.4 Å². The van der Waals surface area contributed by atoms with Crippen LogP contribution in [0.25, 0.3) is 0 Å². The van der Waals surface area contributed by atoms with E-state index >= 15 is 0 Å². The fourth-order valence-electron chi connectivity index (χ4n) is 3.86. The molecule has 0 radical (unpaired) electrons. The minimum Gasteiger partial charge on any atom is -0.493 e. The van der Waals surface area contributed by atoms with Crippen molar-refractivity contribution in [1.29, 1.82) is 0 Å². The Labute approximate surface area is 172 Å². The SMILES string of the molecule is CCOc1cc(C(C)(CC)N2C(=O)c3cccc(N(C)C)c3C2=O)ccc1OC. The van der Waals surface area contributed by atoms with Crippen LogP contribution in [0.15, 0.2) is 36.4 Å². The van der Waals surface area contributed by atoms with Crippen LogP contribution in [-0.2, 0) is 5.54 Å². The average Bonchev–Trinajstić information content (AvgIpc) is 2.98. The Morgan fingerprint density at radius 2 is 1.76 bits per heavy atom. The van der Waals surface area contributed by atoms with Gasteiger partial charge in [0.2, 0.25) is 0 Å². The molecule has 2 aromatic rings. The highest BCUT2D eigenvalue weighted by Gasteiger charge is 2.47. The maximum absolute atomic E-state index is 13.5.